The largest absolute Gasteiger partial charge is 0.441 e. The maximum atomic E-state index is 13.1. The van der Waals surface area contributed by atoms with Gasteiger partial charge in [0, 0.05) is 38.3 Å². The van der Waals surface area contributed by atoms with Crippen molar-refractivity contribution < 1.29 is 23.2 Å². The number of nitrogens with zero attached hydrogens (tertiary/aromatic N) is 4. The smallest absolute Gasteiger partial charge is 0.407 e. The molecule has 1 saturated heterocycles. The summed E-state index contributed by atoms with van der Waals surface area (Å²) < 4.78 is 23.2. The molecule has 184 valence electrons. The van der Waals surface area contributed by atoms with E-state index in [1.54, 1.807) is 24.5 Å². The zero-order valence-electron chi connectivity index (χ0n) is 19.4. The minimum atomic E-state index is -0.545. The van der Waals surface area contributed by atoms with Crippen LogP contribution in [0.3, 0.4) is 0 Å². The van der Waals surface area contributed by atoms with Crippen LogP contribution in [-0.2, 0) is 11.3 Å². The number of hydrogen-bond donors (Lipinski definition) is 2. The highest BCUT2D eigenvalue weighted by Crippen LogP contribution is 2.24. The number of halogens is 1. The van der Waals surface area contributed by atoms with Crippen LogP contribution in [0, 0.1) is 11.7 Å². The number of ether oxygens (including phenoxy) is 1. The molecular formula is C24H27FN6O4. The molecule has 1 fully saturated rings. The number of carbonyl (C=O) groups is 2. The number of nitrogens with one attached hydrogen (secondary N) is 2. The summed E-state index contributed by atoms with van der Waals surface area (Å²) in [4.78, 5) is 34.6. The van der Waals surface area contributed by atoms with Gasteiger partial charge < -0.3 is 24.8 Å². The molecule has 0 unspecified atom stereocenters. The van der Waals surface area contributed by atoms with Gasteiger partial charge in [-0.1, -0.05) is 5.16 Å². The molecule has 3 aromatic rings. The molecule has 0 aliphatic carbocycles. The quantitative estimate of drug-likeness (QED) is 0.502. The van der Waals surface area contributed by atoms with Crippen LogP contribution in [0.25, 0.3) is 11.3 Å². The van der Waals surface area contributed by atoms with Crippen LogP contribution in [0.4, 0.5) is 15.0 Å². The van der Waals surface area contributed by atoms with Crippen LogP contribution in [0.2, 0.25) is 0 Å². The molecule has 10 nitrogen and oxygen atoms in total. The fraction of sp³-hybridized carbons (Fsp3) is 0.375. The molecule has 2 N–H and O–H groups in total. The summed E-state index contributed by atoms with van der Waals surface area (Å²) in [6.07, 6.45) is 5.74. The Bertz CT molecular complexity index is 1130. The average molecular weight is 483 g/mol. The van der Waals surface area contributed by atoms with Gasteiger partial charge in [-0.3, -0.25) is 9.78 Å². The van der Waals surface area contributed by atoms with E-state index in [9.17, 15) is 14.0 Å². The van der Waals surface area contributed by atoms with Crippen molar-refractivity contribution in [3.8, 4) is 11.3 Å². The molecule has 35 heavy (non-hydrogen) atoms. The number of piperidine rings is 1. The topological polar surface area (TPSA) is 122 Å². The monoisotopic (exact) mass is 482 g/mol. The van der Waals surface area contributed by atoms with E-state index < -0.39 is 6.09 Å². The Labute approximate surface area is 201 Å². The normalized spacial score (nSPS) is 13.9. The highest BCUT2D eigenvalue weighted by atomic mass is 19.1. The van der Waals surface area contributed by atoms with Crippen molar-refractivity contribution in [3.05, 3.63) is 60.0 Å². The van der Waals surface area contributed by atoms with E-state index in [4.69, 9.17) is 9.26 Å². The molecule has 2 aromatic heterocycles. The van der Waals surface area contributed by atoms with Crippen LogP contribution >= 0.6 is 0 Å². The van der Waals surface area contributed by atoms with Gasteiger partial charge in [0.1, 0.15) is 11.6 Å². The summed E-state index contributed by atoms with van der Waals surface area (Å²) in [5.74, 6) is 0.951. The number of alkyl carbamates (subject to hydrolysis) is 1. The zero-order valence-corrected chi connectivity index (χ0v) is 19.4. The van der Waals surface area contributed by atoms with Gasteiger partial charge in [-0.15, -0.1) is 0 Å². The zero-order chi connectivity index (χ0) is 24.6. The average Bonchev–Trinajstić information content (AvgIpc) is 3.37. The van der Waals surface area contributed by atoms with Crippen LogP contribution in [0.1, 0.15) is 35.5 Å². The van der Waals surface area contributed by atoms with Gasteiger partial charge in [-0.05, 0) is 49.4 Å². The summed E-state index contributed by atoms with van der Waals surface area (Å²) in [5, 5.41) is 8.80. The summed E-state index contributed by atoms with van der Waals surface area (Å²) in [7, 11) is 1.49. The molecule has 0 atom stereocenters. The lowest BCUT2D eigenvalue weighted by Crippen LogP contribution is -2.35. The van der Waals surface area contributed by atoms with E-state index in [0.717, 1.165) is 43.7 Å². The fourth-order valence-electron chi connectivity index (χ4n) is 3.89. The first kappa shape index (κ1) is 24.1. The molecule has 0 radical (unpaired) electrons. The first-order chi connectivity index (χ1) is 17.0. The van der Waals surface area contributed by atoms with Crippen molar-refractivity contribution in [2.75, 3.05) is 31.6 Å². The van der Waals surface area contributed by atoms with Crippen molar-refractivity contribution >= 4 is 17.8 Å². The number of amides is 2. The predicted octanol–water partition coefficient (Wildman–Crippen LogP) is 3.16. The van der Waals surface area contributed by atoms with Gasteiger partial charge in [0.05, 0.1) is 18.1 Å². The number of carbonyl (C=O) groups excluding carboxylic acids is 2. The summed E-state index contributed by atoms with van der Waals surface area (Å²) >= 11 is 0. The lowest BCUT2D eigenvalue weighted by molar-refractivity contribution is 0.0952. The maximum Gasteiger partial charge on any atom is 0.407 e. The molecule has 3 heterocycles. The summed E-state index contributed by atoms with van der Waals surface area (Å²) in [6, 6.07) is 7.62. The van der Waals surface area contributed by atoms with E-state index >= 15 is 0 Å². The lowest BCUT2D eigenvalue weighted by Gasteiger charge is -2.32. The van der Waals surface area contributed by atoms with Gasteiger partial charge in [-0.2, -0.15) is 0 Å². The third-order valence-corrected chi connectivity index (χ3v) is 5.90. The first-order valence-electron chi connectivity index (χ1n) is 11.4. The number of anilines is 1. The molecule has 11 heteroatoms. The molecule has 2 amide bonds. The highest BCUT2D eigenvalue weighted by Gasteiger charge is 2.21. The van der Waals surface area contributed by atoms with Gasteiger partial charge in [-0.25, -0.2) is 14.2 Å². The van der Waals surface area contributed by atoms with Crippen molar-refractivity contribution in [2.45, 2.75) is 25.9 Å². The van der Waals surface area contributed by atoms with Crippen LogP contribution in [0.15, 0.2) is 47.2 Å². The Morgan fingerprint density at radius 2 is 1.94 bits per heavy atom. The van der Waals surface area contributed by atoms with Crippen molar-refractivity contribution in [1.29, 1.82) is 0 Å². The van der Waals surface area contributed by atoms with E-state index in [1.165, 1.54) is 25.2 Å². The first-order valence-corrected chi connectivity index (χ1v) is 11.4. The van der Waals surface area contributed by atoms with Crippen molar-refractivity contribution in [1.82, 2.24) is 25.8 Å². The third kappa shape index (κ3) is 6.52. The minimum Gasteiger partial charge on any atom is -0.441 e. The molecule has 0 bridgehead atoms. The van der Waals surface area contributed by atoms with Crippen LogP contribution < -0.4 is 15.5 Å². The summed E-state index contributed by atoms with van der Waals surface area (Å²) in [5.41, 5.74) is 1.66. The Kier molecular flexibility index (Phi) is 7.86. The second kappa shape index (κ2) is 11.4. The Balaban J connectivity index is 1.14. The molecule has 4 rings (SSSR count). The molecular weight excluding hydrogens is 455 g/mol. The number of hydrogen-bond acceptors (Lipinski definition) is 8. The summed E-state index contributed by atoms with van der Waals surface area (Å²) in [6.45, 7) is 2.13. The van der Waals surface area contributed by atoms with Gasteiger partial charge in [0.2, 0.25) is 0 Å². The molecule has 0 saturated carbocycles. The van der Waals surface area contributed by atoms with Gasteiger partial charge >= 0.3 is 6.09 Å². The van der Waals surface area contributed by atoms with E-state index in [2.05, 4.69) is 30.7 Å². The van der Waals surface area contributed by atoms with Crippen molar-refractivity contribution in [2.24, 2.45) is 5.92 Å². The SMILES string of the molecule is CNC(=O)c1cc(COC(=O)NCCC2CCN(c3cnc(-c4ccc(F)cc4)cn3)CC2)on1. The van der Waals surface area contributed by atoms with Crippen molar-refractivity contribution in [3.63, 3.8) is 0 Å². The molecule has 1 aromatic carbocycles. The Hall–Kier alpha value is -4.02. The standard InChI is InChI=1S/C24H27FN6O4/c1-26-23(32)20-12-19(35-30-20)15-34-24(33)27-9-6-16-7-10-31(11-8-16)22-14-28-21(13-29-22)17-2-4-18(25)5-3-17/h2-5,12-14,16H,6-11,15H2,1H3,(H,26,32)(H,27,33). The number of benzene rings is 1. The molecule has 0 spiro atoms. The van der Waals surface area contributed by atoms with E-state index in [-0.39, 0.29) is 24.0 Å². The van der Waals surface area contributed by atoms with Crippen LogP contribution in [0.5, 0.6) is 0 Å². The minimum absolute atomic E-state index is 0.102. The van der Waals surface area contributed by atoms with Gasteiger partial charge in [0.15, 0.2) is 18.1 Å². The van der Waals surface area contributed by atoms with E-state index in [0.29, 0.717) is 23.9 Å². The predicted molar refractivity (Wildman–Crippen MR) is 125 cm³/mol. The van der Waals surface area contributed by atoms with E-state index in [1.807, 2.05) is 0 Å². The molecule has 1 aliphatic heterocycles. The second-order valence-corrected chi connectivity index (χ2v) is 8.25. The third-order valence-electron chi connectivity index (χ3n) is 5.90. The van der Waals surface area contributed by atoms with Gasteiger partial charge in [0.25, 0.3) is 5.91 Å². The maximum absolute atomic E-state index is 13.1. The van der Waals surface area contributed by atoms with Crippen LogP contribution in [-0.4, -0.2) is 53.8 Å². The number of aromatic nitrogens is 3. The second-order valence-electron chi connectivity index (χ2n) is 8.25. The highest BCUT2D eigenvalue weighted by molar-refractivity contribution is 5.91. The number of rotatable bonds is 8. The molecule has 1 aliphatic rings. The fourth-order valence-corrected chi connectivity index (χ4v) is 3.89. The lowest BCUT2D eigenvalue weighted by atomic mass is 9.93. The Morgan fingerprint density at radius 3 is 2.63 bits per heavy atom. The Morgan fingerprint density at radius 1 is 1.17 bits per heavy atom.